The van der Waals surface area contributed by atoms with Crippen LogP contribution in [0.4, 0.5) is 4.39 Å². The zero-order valence-corrected chi connectivity index (χ0v) is 23.9. The van der Waals surface area contributed by atoms with E-state index in [1.165, 1.54) is 0 Å². The van der Waals surface area contributed by atoms with Crippen LogP contribution in [0.5, 0.6) is 5.88 Å². The molecule has 3 aromatic heterocycles. The minimum atomic E-state index is -0.947. The molecule has 0 aliphatic carbocycles. The fourth-order valence-corrected chi connectivity index (χ4v) is 6.19. The van der Waals surface area contributed by atoms with E-state index < -0.39 is 5.97 Å². The number of carbonyl (C=O) groups is 1. The molecule has 43 heavy (non-hydrogen) atoms. The number of piperidine rings is 1. The Hall–Kier alpha value is -4.35. The highest BCUT2D eigenvalue weighted by atomic mass is 19.1. The molecule has 0 bridgehead atoms. The Labute approximate surface area is 247 Å². The molecule has 5 heterocycles. The summed E-state index contributed by atoms with van der Waals surface area (Å²) in [5.41, 5.74) is 3.68. The van der Waals surface area contributed by atoms with E-state index in [1.54, 1.807) is 36.5 Å². The first-order valence-electron chi connectivity index (χ1n) is 14.7. The molecule has 2 saturated heterocycles. The van der Waals surface area contributed by atoms with E-state index in [4.69, 9.17) is 19.4 Å². The van der Waals surface area contributed by atoms with Crippen molar-refractivity contribution < 1.29 is 23.8 Å². The van der Waals surface area contributed by atoms with E-state index in [-0.39, 0.29) is 36.1 Å². The van der Waals surface area contributed by atoms with Crippen LogP contribution in [0.3, 0.4) is 0 Å². The van der Waals surface area contributed by atoms with Gasteiger partial charge >= 0.3 is 5.97 Å². The molecule has 2 N–H and O–H groups in total. The quantitative estimate of drug-likeness (QED) is 0.240. The van der Waals surface area contributed by atoms with Gasteiger partial charge in [-0.2, -0.15) is 5.10 Å². The van der Waals surface area contributed by atoms with Gasteiger partial charge in [-0.3, -0.25) is 10.00 Å². The minimum absolute atomic E-state index is 0.0763. The summed E-state index contributed by atoms with van der Waals surface area (Å²) >= 11 is 0. The van der Waals surface area contributed by atoms with Crippen LogP contribution < -0.4 is 4.74 Å². The fourth-order valence-electron chi connectivity index (χ4n) is 6.19. The number of nitrogens with zero attached hydrogens (tertiary/aromatic N) is 5. The Morgan fingerprint density at radius 2 is 2.07 bits per heavy atom. The number of hydrogen-bond donors (Lipinski definition) is 2. The maximum Gasteiger partial charge on any atom is 0.335 e. The van der Waals surface area contributed by atoms with Crippen LogP contribution in [0, 0.1) is 5.82 Å². The van der Waals surface area contributed by atoms with Gasteiger partial charge in [0.15, 0.2) is 5.82 Å². The molecule has 11 heteroatoms. The number of ether oxygens (including phenoxy) is 2. The summed E-state index contributed by atoms with van der Waals surface area (Å²) in [6, 6.07) is 14.7. The van der Waals surface area contributed by atoms with E-state index in [1.807, 2.05) is 18.2 Å². The number of aromatic nitrogens is 5. The minimum Gasteiger partial charge on any atom is -0.478 e. The summed E-state index contributed by atoms with van der Waals surface area (Å²) < 4.78 is 28.6. The van der Waals surface area contributed by atoms with Gasteiger partial charge < -0.3 is 19.1 Å². The molecule has 10 nitrogen and oxygen atoms in total. The summed E-state index contributed by atoms with van der Waals surface area (Å²) in [7, 11) is 0. The third-order valence-corrected chi connectivity index (χ3v) is 8.79. The number of hydrogen-bond acceptors (Lipinski definition) is 7. The molecular weight excluding hydrogens is 551 g/mol. The first kappa shape index (κ1) is 27.5. The van der Waals surface area contributed by atoms with Crippen molar-refractivity contribution in [2.24, 2.45) is 0 Å². The second kappa shape index (κ2) is 11.4. The SMILES string of the molecule is C[C@@H]1CC(c2cccc(OCc3ccc4cn[nH]c4c3F)n2)CCN1Cc1nc2ccc(C(=O)O)cc2n1C[C@@H]1CCO1. The average molecular weight is 585 g/mol. The van der Waals surface area contributed by atoms with Gasteiger partial charge in [-0.15, -0.1) is 0 Å². The van der Waals surface area contributed by atoms with Gasteiger partial charge in [0.05, 0.1) is 42.0 Å². The Morgan fingerprint density at radius 1 is 1.19 bits per heavy atom. The zero-order valence-electron chi connectivity index (χ0n) is 23.9. The topological polar surface area (TPSA) is 118 Å². The van der Waals surface area contributed by atoms with Crippen LogP contribution in [0.2, 0.25) is 0 Å². The van der Waals surface area contributed by atoms with Crippen LogP contribution in [-0.4, -0.2) is 66.0 Å². The lowest BCUT2D eigenvalue weighted by Gasteiger charge is -2.37. The van der Waals surface area contributed by atoms with Crippen molar-refractivity contribution in [3.8, 4) is 5.88 Å². The molecule has 2 aliphatic heterocycles. The van der Waals surface area contributed by atoms with Gasteiger partial charge in [0, 0.05) is 41.3 Å². The third kappa shape index (κ3) is 5.46. The van der Waals surface area contributed by atoms with E-state index in [0.717, 1.165) is 60.4 Å². The molecule has 0 radical (unpaired) electrons. The molecule has 2 aromatic carbocycles. The summed E-state index contributed by atoms with van der Waals surface area (Å²) in [6.45, 7) is 5.27. The summed E-state index contributed by atoms with van der Waals surface area (Å²) in [5, 5.41) is 16.9. The third-order valence-electron chi connectivity index (χ3n) is 8.79. The average Bonchev–Trinajstić information content (AvgIpc) is 3.60. The number of nitrogens with one attached hydrogen (secondary N) is 1. The second-order valence-corrected chi connectivity index (χ2v) is 11.5. The Bertz CT molecular complexity index is 1800. The van der Waals surface area contributed by atoms with Gasteiger partial charge in [-0.05, 0) is 57.0 Å². The molecule has 3 atom stereocenters. The van der Waals surface area contributed by atoms with Crippen molar-refractivity contribution in [1.82, 2.24) is 29.6 Å². The van der Waals surface area contributed by atoms with E-state index in [2.05, 4.69) is 26.6 Å². The molecular formula is C32H33FN6O4. The fraction of sp³-hybridized carbons (Fsp3) is 0.375. The molecule has 0 spiro atoms. The first-order chi connectivity index (χ1) is 20.9. The largest absolute Gasteiger partial charge is 0.478 e. The van der Waals surface area contributed by atoms with Gasteiger partial charge in [-0.1, -0.05) is 18.2 Å². The first-order valence-corrected chi connectivity index (χ1v) is 14.7. The standard InChI is InChI=1S/C32H33FN6O4/c1-19-13-20(25-3-2-4-29(36-25)43-18-23-6-5-22-15-34-37-31(22)30(23)33)9-11-38(19)17-28-35-26-8-7-21(32(40)41)14-27(26)39(28)16-24-10-12-42-24/h2-8,14-15,19-20,24H,9-13,16-18H2,1H3,(H,34,37)(H,40,41)/t19-,20?,24+/m1/s1. The molecule has 0 amide bonds. The highest BCUT2D eigenvalue weighted by Crippen LogP contribution is 2.33. The van der Waals surface area contributed by atoms with Crippen LogP contribution in [0.25, 0.3) is 21.9 Å². The van der Waals surface area contributed by atoms with Crippen LogP contribution in [0.1, 0.15) is 59.5 Å². The van der Waals surface area contributed by atoms with Crippen LogP contribution in [0.15, 0.2) is 54.7 Å². The Kier molecular flexibility index (Phi) is 7.28. The van der Waals surface area contributed by atoms with Crippen molar-refractivity contribution in [3.63, 3.8) is 0 Å². The van der Waals surface area contributed by atoms with Gasteiger partial charge in [-0.25, -0.2) is 19.2 Å². The number of fused-ring (bicyclic) bond motifs is 2. The molecule has 2 fully saturated rings. The monoisotopic (exact) mass is 584 g/mol. The number of pyridine rings is 1. The number of imidazole rings is 1. The predicted octanol–water partition coefficient (Wildman–Crippen LogP) is 5.28. The normalized spacial score (nSPS) is 20.8. The summed E-state index contributed by atoms with van der Waals surface area (Å²) in [6.07, 6.45) is 4.57. The molecule has 1 unspecified atom stereocenters. The van der Waals surface area contributed by atoms with Gasteiger partial charge in [0.25, 0.3) is 0 Å². The van der Waals surface area contributed by atoms with Crippen LogP contribution in [-0.2, 0) is 24.4 Å². The van der Waals surface area contributed by atoms with Crippen molar-refractivity contribution in [3.05, 3.63) is 83.2 Å². The zero-order chi connectivity index (χ0) is 29.5. The van der Waals surface area contributed by atoms with E-state index in [9.17, 15) is 14.3 Å². The Morgan fingerprint density at radius 3 is 2.86 bits per heavy atom. The molecule has 0 saturated carbocycles. The molecule has 222 valence electrons. The number of H-pyrrole nitrogens is 1. The number of rotatable bonds is 9. The highest BCUT2D eigenvalue weighted by Gasteiger charge is 2.30. The molecule has 5 aromatic rings. The molecule has 2 aliphatic rings. The summed E-state index contributed by atoms with van der Waals surface area (Å²) in [5.74, 6) is 0.367. The van der Waals surface area contributed by atoms with E-state index in [0.29, 0.717) is 30.0 Å². The highest BCUT2D eigenvalue weighted by molar-refractivity contribution is 5.92. The molecule has 7 rings (SSSR count). The maximum atomic E-state index is 14.8. The number of benzene rings is 2. The number of aromatic carboxylic acids is 1. The van der Waals surface area contributed by atoms with Gasteiger partial charge in [0.1, 0.15) is 17.9 Å². The number of carboxylic acid groups (broad SMARTS) is 1. The summed E-state index contributed by atoms with van der Waals surface area (Å²) in [4.78, 5) is 23.8. The number of aromatic amines is 1. The van der Waals surface area contributed by atoms with Gasteiger partial charge in [0.2, 0.25) is 5.88 Å². The number of likely N-dealkylation sites (tertiary alicyclic amines) is 1. The van der Waals surface area contributed by atoms with Crippen molar-refractivity contribution in [2.45, 2.75) is 63.9 Å². The number of carboxylic acids is 1. The number of halogens is 1. The predicted molar refractivity (Wildman–Crippen MR) is 158 cm³/mol. The maximum absolute atomic E-state index is 14.8. The van der Waals surface area contributed by atoms with Crippen LogP contribution >= 0.6 is 0 Å². The van der Waals surface area contributed by atoms with E-state index >= 15 is 0 Å². The smallest absolute Gasteiger partial charge is 0.335 e. The lowest BCUT2D eigenvalue weighted by Crippen LogP contribution is -2.40. The lowest BCUT2D eigenvalue weighted by molar-refractivity contribution is -0.0592. The Balaban J connectivity index is 1.03. The second-order valence-electron chi connectivity index (χ2n) is 11.5. The van der Waals surface area contributed by atoms with Crippen molar-refractivity contribution >= 4 is 27.9 Å². The van der Waals surface area contributed by atoms with Crippen molar-refractivity contribution in [2.75, 3.05) is 13.2 Å². The lowest BCUT2D eigenvalue weighted by atomic mass is 9.88. The van der Waals surface area contributed by atoms with Crippen molar-refractivity contribution in [1.29, 1.82) is 0 Å².